The van der Waals surface area contributed by atoms with Gasteiger partial charge in [-0.25, -0.2) is 0 Å². The van der Waals surface area contributed by atoms with E-state index in [1.807, 2.05) is 12.1 Å². The van der Waals surface area contributed by atoms with Crippen LogP contribution in [0.3, 0.4) is 0 Å². The molecule has 0 bridgehead atoms. The van der Waals surface area contributed by atoms with Gasteiger partial charge in [-0.1, -0.05) is 37.1 Å². The Morgan fingerprint density at radius 1 is 0.774 bits per heavy atom. The molecule has 0 radical (unpaired) electrons. The zero-order valence-electron chi connectivity index (χ0n) is 17.9. The van der Waals surface area contributed by atoms with Gasteiger partial charge in [-0.3, -0.25) is 0 Å². The van der Waals surface area contributed by atoms with Crippen molar-refractivity contribution in [1.82, 2.24) is 0 Å². The Balaban J connectivity index is 1.54. The third-order valence-electron chi connectivity index (χ3n) is 6.99. The van der Waals surface area contributed by atoms with Crippen LogP contribution in [-0.4, -0.2) is 20.3 Å². The summed E-state index contributed by atoms with van der Waals surface area (Å²) in [5.41, 5.74) is 5.50. The Hall–Kier alpha value is -2.98. The third kappa shape index (κ3) is 2.93. The molecule has 2 heterocycles. The van der Waals surface area contributed by atoms with Gasteiger partial charge in [-0.05, 0) is 59.9 Å². The Bertz CT molecular complexity index is 1270. The van der Waals surface area contributed by atoms with Crippen molar-refractivity contribution in [3.8, 4) is 11.5 Å². The molecule has 2 aliphatic rings. The maximum Gasteiger partial charge on any atom is 0.161 e. The summed E-state index contributed by atoms with van der Waals surface area (Å²) in [6, 6.07) is 18.9. The zero-order valence-corrected chi connectivity index (χ0v) is 17.9. The molecule has 1 saturated carbocycles. The largest absolute Gasteiger partial charge is 0.493 e. The van der Waals surface area contributed by atoms with Gasteiger partial charge in [0, 0.05) is 16.7 Å². The molecule has 0 N–H and O–H groups in total. The number of rotatable bonds is 3. The highest BCUT2D eigenvalue weighted by Crippen LogP contribution is 2.50. The number of para-hydroxylation sites is 1. The Morgan fingerprint density at radius 3 is 2.35 bits per heavy atom. The van der Waals surface area contributed by atoms with Crippen molar-refractivity contribution in [2.75, 3.05) is 14.2 Å². The number of ether oxygens (including phenoxy) is 3. The lowest BCUT2D eigenvalue weighted by molar-refractivity contribution is -0.0390. The number of hydrogen-bond donors (Lipinski definition) is 0. The van der Waals surface area contributed by atoms with Crippen molar-refractivity contribution < 1.29 is 18.6 Å². The molecule has 0 spiro atoms. The number of fused-ring (bicyclic) bond motifs is 6. The van der Waals surface area contributed by atoms with Gasteiger partial charge in [0.1, 0.15) is 17.3 Å². The van der Waals surface area contributed by atoms with Crippen LogP contribution < -0.4 is 9.47 Å². The van der Waals surface area contributed by atoms with E-state index < -0.39 is 0 Å². The molecule has 4 heteroatoms. The predicted octanol–water partition coefficient (Wildman–Crippen LogP) is 6.75. The zero-order chi connectivity index (χ0) is 20.9. The van der Waals surface area contributed by atoms with Gasteiger partial charge in [0.25, 0.3) is 0 Å². The summed E-state index contributed by atoms with van der Waals surface area (Å²) in [7, 11) is 3.40. The molecular formula is C27H26O4. The molecular weight excluding hydrogens is 388 g/mol. The summed E-state index contributed by atoms with van der Waals surface area (Å²) in [5.74, 6) is 1.96. The molecule has 4 nitrogen and oxygen atoms in total. The van der Waals surface area contributed by atoms with Crippen molar-refractivity contribution in [1.29, 1.82) is 0 Å². The summed E-state index contributed by atoms with van der Waals surface area (Å²) in [6.07, 6.45) is 4.84. The molecule has 6 rings (SSSR count). The minimum Gasteiger partial charge on any atom is -0.493 e. The highest BCUT2D eigenvalue weighted by Gasteiger charge is 2.39. The molecule has 0 unspecified atom stereocenters. The first-order valence-corrected chi connectivity index (χ1v) is 11.1. The van der Waals surface area contributed by atoms with Gasteiger partial charge in [0.15, 0.2) is 11.5 Å². The fourth-order valence-electron chi connectivity index (χ4n) is 5.49. The van der Waals surface area contributed by atoms with Gasteiger partial charge < -0.3 is 18.6 Å². The second-order valence-corrected chi connectivity index (χ2v) is 8.64. The fourth-order valence-corrected chi connectivity index (χ4v) is 5.49. The van der Waals surface area contributed by atoms with E-state index in [1.165, 1.54) is 24.0 Å². The van der Waals surface area contributed by atoms with Gasteiger partial charge >= 0.3 is 0 Å². The molecule has 31 heavy (non-hydrogen) atoms. The average Bonchev–Trinajstić information content (AvgIpc) is 3.20. The van der Waals surface area contributed by atoms with Gasteiger partial charge in [0.2, 0.25) is 0 Å². The highest BCUT2D eigenvalue weighted by atomic mass is 16.5. The molecule has 1 aliphatic heterocycles. The molecule has 4 aromatic rings. The predicted molar refractivity (Wildman–Crippen MR) is 121 cm³/mol. The number of hydrogen-bond acceptors (Lipinski definition) is 4. The lowest BCUT2D eigenvalue weighted by atomic mass is 9.75. The molecule has 3 aromatic carbocycles. The monoisotopic (exact) mass is 414 g/mol. The van der Waals surface area contributed by atoms with E-state index in [1.54, 1.807) is 14.2 Å². The highest BCUT2D eigenvalue weighted by molar-refractivity contribution is 6.05. The number of methoxy groups -OCH3 is 2. The van der Waals surface area contributed by atoms with Crippen LogP contribution in [0.2, 0.25) is 0 Å². The summed E-state index contributed by atoms with van der Waals surface area (Å²) in [6.45, 7) is 0. The number of furan rings is 1. The van der Waals surface area contributed by atoms with E-state index in [9.17, 15) is 0 Å². The van der Waals surface area contributed by atoms with E-state index in [0.29, 0.717) is 5.92 Å². The molecule has 1 aliphatic carbocycles. The number of benzene rings is 3. The first-order chi connectivity index (χ1) is 15.3. The minimum absolute atomic E-state index is 0.132. The van der Waals surface area contributed by atoms with E-state index in [0.717, 1.165) is 51.8 Å². The summed E-state index contributed by atoms with van der Waals surface area (Å²) < 4.78 is 24.1. The Kier molecular flexibility index (Phi) is 4.43. The van der Waals surface area contributed by atoms with Crippen molar-refractivity contribution in [3.05, 3.63) is 71.3 Å². The Labute approximate surface area is 181 Å². The van der Waals surface area contributed by atoms with Gasteiger partial charge in [-0.15, -0.1) is 0 Å². The van der Waals surface area contributed by atoms with Crippen molar-refractivity contribution in [2.24, 2.45) is 0 Å². The summed E-state index contributed by atoms with van der Waals surface area (Å²) in [5, 5.41) is 2.27. The third-order valence-corrected chi connectivity index (χ3v) is 6.99. The smallest absolute Gasteiger partial charge is 0.161 e. The van der Waals surface area contributed by atoms with Crippen LogP contribution >= 0.6 is 0 Å². The summed E-state index contributed by atoms with van der Waals surface area (Å²) in [4.78, 5) is 0. The maximum absolute atomic E-state index is 6.79. The van der Waals surface area contributed by atoms with Crippen LogP contribution in [0.15, 0.2) is 59.0 Å². The lowest BCUT2D eigenvalue weighted by Crippen LogP contribution is -2.33. The lowest BCUT2D eigenvalue weighted by Gasteiger charge is -2.41. The molecule has 1 aromatic heterocycles. The molecule has 0 amide bonds. The topological polar surface area (TPSA) is 40.8 Å². The van der Waals surface area contributed by atoms with Crippen LogP contribution in [0.25, 0.3) is 21.9 Å². The van der Waals surface area contributed by atoms with E-state index in [4.69, 9.17) is 18.6 Å². The van der Waals surface area contributed by atoms with E-state index >= 15 is 0 Å². The SMILES string of the molecule is COc1cc2c(cc1OC)[C@@H]1CCCC[C@H]1O[C@@H]2c1ccc2oc3ccccc3c2c1. The Morgan fingerprint density at radius 2 is 1.52 bits per heavy atom. The summed E-state index contributed by atoms with van der Waals surface area (Å²) >= 11 is 0. The van der Waals surface area contributed by atoms with Crippen LogP contribution in [0.1, 0.15) is 54.4 Å². The van der Waals surface area contributed by atoms with Gasteiger partial charge in [0.05, 0.1) is 20.3 Å². The molecule has 158 valence electrons. The normalized spacial score (nSPS) is 22.8. The average molecular weight is 415 g/mol. The molecule has 0 saturated heterocycles. The van der Waals surface area contributed by atoms with Gasteiger partial charge in [-0.2, -0.15) is 0 Å². The van der Waals surface area contributed by atoms with Crippen LogP contribution in [0, 0.1) is 0 Å². The first-order valence-electron chi connectivity index (χ1n) is 11.1. The molecule has 1 fully saturated rings. The quantitative estimate of drug-likeness (QED) is 0.372. The first kappa shape index (κ1) is 18.8. The second-order valence-electron chi connectivity index (χ2n) is 8.64. The molecule has 3 atom stereocenters. The second kappa shape index (κ2) is 7.31. The van der Waals surface area contributed by atoms with Crippen molar-refractivity contribution >= 4 is 21.9 Å². The van der Waals surface area contributed by atoms with Crippen molar-refractivity contribution in [2.45, 2.75) is 43.8 Å². The van der Waals surface area contributed by atoms with Crippen molar-refractivity contribution in [3.63, 3.8) is 0 Å². The fraction of sp³-hybridized carbons (Fsp3) is 0.333. The van der Waals surface area contributed by atoms with E-state index in [-0.39, 0.29) is 12.2 Å². The van der Waals surface area contributed by atoms with Crippen LogP contribution in [0.5, 0.6) is 11.5 Å². The van der Waals surface area contributed by atoms with Crippen LogP contribution in [-0.2, 0) is 4.74 Å². The van der Waals surface area contributed by atoms with Crippen LogP contribution in [0.4, 0.5) is 0 Å². The van der Waals surface area contributed by atoms with E-state index in [2.05, 4.69) is 42.5 Å². The minimum atomic E-state index is -0.132. The standard InChI is InChI=1S/C27H26O4/c1-28-25-14-19-17-7-3-6-10-23(17)31-27(21(19)15-26(25)29-2)16-11-12-24-20(13-16)18-8-4-5-9-22(18)30-24/h4-5,8-9,11-15,17,23,27H,3,6-7,10H2,1-2H3/t17-,23+,27+/m0/s1. The maximum atomic E-state index is 6.79.